The van der Waals surface area contributed by atoms with Gasteiger partial charge in [0.2, 0.25) is 0 Å². The van der Waals surface area contributed by atoms with Crippen molar-refractivity contribution in [3.8, 4) is 6.07 Å². The molecule has 0 amide bonds. The standard InChI is InChI=1S/C12H23NO2Si/c1-12(2,3)15-11(14)10(9-13)7-8-16(4,5)6/h10H,7-8H2,1-6H3. The minimum atomic E-state index is -1.20. The van der Waals surface area contributed by atoms with Crippen LogP contribution in [0.25, 0.3) is 0 Å². The van der Waals surface area contributed by atoms with Gasteiger partial charge in [-0.1, -0.05) is 25.7 Å². The van der Waals surface area contributed by atoms with E-state index in [2.05, 4.69) is 19.6 Å². The highest BCUT2D eigenvalue weighted by Crippen LogP contribution is 2.19. The van der Waals surface area contributed by atoms with Crippen LogP contribution in [0.3, 0.4) is 0 Å². The maximum atomic E-state index is 11.7. The van der Waals surface area contributed by atoms with Crippen molar-refractivity contribution in [3.05, 3.63) is 0 Å². The van der Waals surface area contributed by atoms with Crippen LogP contribution in [0.2, 0.25) is 25.7 Å². The van der Waals surface area contributed by atoms with Gasteiger partial charge in [0.15, 0.2) is 0 Å². The van der Waals surface area contributed by atoms with Crippen LogP contribution in [-0.4, -0.2) is 19.6 Å². The average molecular weight is 241 g/mol. The average Bonchev–Trinajstić information content (AvgIpc) is 1.99. The first kappa shape index (κ1) is 15.2. The van der Waals surface area contributed by atoms with E-state index < -0.39 is 19.6 Å². The van der Waals surface area contributed by atoms with Crippen LogP contribution in [0.1, 0.15) is 27.2 Å². The van der Waals surface area contributed by atoms with Crippen LogP contribution in [0.5, 0.6) is 0 Å². The van der Waals surface area contributed by atoms with Crippen molar-refractivity contribution in [2.45, 2.75) is 58.5 Å². The summed E-state index contributed by atoms with van der Waals surface area (Å²) in [6, 6.07) is 3.02. The summed E-state index contributed by atoms with van der Waals surface area (Å²) in [4.78, 5) is 11.7. The summed E-state index contributed by atoms with van der Waals surface area (Å²) in [5, 5.41) is 8.95. The second kappa shape index (κ2) is 5.49. The lowest BCUT2D eigenvalue weighted by atomic mass is 10.1. The van der Waals surface area contributed by atoms with Crippen molar-refractivity contribution in [2.24, 2.45) is 5.92 Å². The van der Waals surface area contributed by atoms with E-state index in [4.69, 9.17) is 10.00 Å². The fourth-order valence-electron chi connectivity index (χ4n) is 1.19. The third-order valence-electron chi connectivity index (χ3n) is 2.03. The van der Waals surface area contributed by atoms with Gasteiger partial charge in [0.1, 0.15) is 11.5 Å². The summed E-state index contributed by atoms with van der Waals surface area (Å²) in [6.45, 7) is 12.1. The number of nitriles is 1. The molecule has 92 valence electrons. The van der Waals surface area contributed by atoms with Gasteiger partial charge in [-0.25, -0.2) is 0 Å². The number of carbonyl (C=O) groups excluding carboxylic acids is 1. The summed E-state index contributed by atoms with van der Waals surface area (Å²) in [5.41, 5.74) is -0.509. The third-order valence-corrected chi connectivity index (χ3v) is 3.82. The Hall–Kier alpha value is -0.823. The van der Waals surface area contributed by atoms with Crippen molar-refractivity contribution in [2.75, 3.05) is 0 Å². The SMILES string of the molecule is CC(C)(C)OC(=O)C(C#N)CC[Si](C)(C)C. The molecule has 0 rings (SSSR count). The summed E-state index contributed by atoms with van der Waals surface area (Å²) in [6.07, 6.45) is 0.626. The third kappa shape index (κ3) is 7.47. The molecule has 0 aliphatic carbocycles. The minimum absolute atomic E-state index is 0.381. The molecule has 3 nitrogen and oxygen atoms in total. The zero-order valence-corrected chi connectivity index (χ0v) is 12.3. The molecule has 0 saturated heterocycles. The first-order valence-electron chi connectivity index (χ1n) is 5.68. The van der Waals surface area contributed by atoms with E-state index >= 15 is 0 Å². The van der Waals surface area contributed by atoms with Crippen molar-refractivity contribution in [3.63, 3.8) is 0 Å². The fourth-order valence-corrected chi connectivity index (χ4v) is 2.34. The van der Waals surface area contributed by atoms with E-state index in [1.54, 1.807) is 0 Å². The van der Waals surface area contributed by atoms with Gasteiger partial charge in [-0.15, -0.1) is 0 Å². The summed E-state index contributed by atoms with van der Waals surface area (Å²) in [5.74, 6) is -0.987. The normalized spacial score (nSPS) is 14.1. The topological polar surface area (TPSA) is 50.1 Å². The maximum absolute atomic E-state index is 11.7. The van der Waals surface area contributed by atoms with Crippen LogP contribution in [0.4, 0.5) is 0 Å². The predicted octanol–water partition coefficient (Wildman–Crippen LogP) is 3.20. The Balaban J connectivity index is 4.31. The van der Waals surface area contributed by atoms with Crippen LogP contribution < -0.4 is 0 Å². The molecule has 0 aromatic carbocycles. The van der Waals surface area contributed by atoms with Crippen molar-refractivity contribution in [1.82, 2.24) is 0 Å². The summed E-state index contributed by atoms with van der Waals surface area (Å²) < 4.78 is 5.21. The molecule has 0 radical (unpaired) electrons. The first-order valence-corrected chi connectivity index (χ1v) is 9.38. The molecule has 0 N–H and O–H groups in total. The molecule has 16 heavy (non-hydrogen) atoms. The number of esters is 1. The first-order chi connectivity index (χ1) is 7.05. The van der Waals surface area contributed by atoms with Crippen LogP contribution in [0.15, 0.2) is 0 Å². The van der Waals surface area contributed by atoms with Crippen molar-refractivity contribution < 1.29 is 9.53 Å². The molecule has 0 aliphatic heterocycles. The second-order valence-electron chi connectivity index (χ2n) is 6.31. The van der Waals surface area contributed by atoms with Crippen LogP contribution >= 0.6 is 0 Å². The Labute approximate surface area is 99.8 Å². The molecule has 0 aliphatic rings. The zero-order valence-electron chi connectivity index (χ0n) is 11.3. The molecule has 0 fully saturated rings. The quantitative estimate of drug-likeness (QED) is 0.561. The number of rotatable bonds is 4. The number of ether oxygens (including phenoxy) is 1. The molecule has 0 saturated carbocycles. The number of nitrogens with zero attached hydrogens (tertiary/aromatic N) is 1. The number of carbonyl (C=O) groups is 1. The highest BCUT2D eigenvalue weighted by molar-refractivity contribution is 6.76. The monoisotopic (exact) mass is 241 g/mol. The van der Waals surface area contributed by atoms with Gasteiger partial charge >= 0.3 is 5.97 Å². The van der Waals surface area contributed by atoms with Gasteiger partial charge in [0.05, 0.1) is 6.07 Å². The van der Waals surface area contributed by atoms with E-state index in [1.807, 2.05) is 26.8 Å². The van der Waals surface area contributed by atoms with E-state index in [1.165, 1.54) is 0 Å². The number of hydrogen-bond donors (Lipinski definition) is 0. The second-order valence-corrected chi connectivity index (χ2v) is 11.9. The van der Waals surface area contributed by atoms with Gasteiger partial charge in [-0.3, -0.25) is 4.79 Å². The molecule has 0 heterocycles. The molecular formula is C12H23NO2Si. The smallest absolute Gasteiger partial charge is 0.323 e. The molecular weight excluding hydrogens is 218 g/mol. The maximum Gasteiger partial charge on any atom is 0.323 e. The molecule has 0 spiro atoms. The number of hydrogen-bond acceptors (Lipinski definition) is 3. The molecule has 0 aromatic rings. The lowest BCUT2D eigenvalue weighted by Gasteiger charge is -2.22. The van der Waals surface area contributed by atoms with Crippen LogP contribution in [-0.2, 0) is 9.53 Å². The van der Waals surface area contributed by atoms with Gasteiger partial charge in [0, 0.05) is 8.07 Å². The molecule has 4 heteroatoms. The fraction of sp³-hybridized carbons (Fsp3) is 0.833. The van der Waals surface area contributed by atoms with Gasteiger partial charge in [0.25, 0.3) is 0 Å². The Bertz CT molecular complexity index is 281. The largest absolute Gasteiger partial charge is 0.459 e. The van der Waals surface area contributed by atoms with Gasteiger partial charge in [-0.2, -0.15) is 5.26 Å². The van der Waals surface area contributed by atoms with Crippen molar-refractivity contribution in [1.29, 1.82) is 5.26 Å². The van der Waals surface area contributed by atoms with Crippen LogP contribution in [0, 0.1) is 17.2 Å². The molecule has 0 bridgehead atoms. The van der Waals surface area contributed by atoms with Gasteiger partial charge < -0.3 is 4.74 Å². The van der Waals surface area contributed by atoms with E-state index in [9.17, 15) is 4.79 Å². The van der Waals surface area contributed by atoms with E-state index in [0.717, 1.165) is 6.04 Å². The van der Waals surface area contributed by atoms with E-state index in [0.29, 0.717) is 6.42 Å². The minimum Gasteiger partial charge on any atom is -0.459 e. The van der Waals surface area contributed by atoms with E-state index in [-0.39, 0.29) is 5.97 Å². The zero-order chi connectivity index (χ0) is 13.0. The lowest BCUT2D eigenvalue weighted by molar-refractivity contribution is -0.157. The Kier molecular flexibility index (Phi) is 5.21. The Morgan fingerprint density at radius 1 is 1.38 bits per heavy atom. The highest BCUT2D eigenvalue weighted by Gasteiger charge is 2.26. The highest BCUT2D eigenvalue weighted by atomic mass is 28.3. The molecule has 0 aromatic heterocycles. The van der Waals surface area contributed by atoms with Gasteiger partial charge in [-0.05, 0) is 27.2 Å². The van der Waals surface area contributed by atoms with Crippen molar-refractivity contribution >= 4 is 14.0 Å². The molecule has 1 atom stereocenters. The lowest BCUT2D eigenvalue weighted by Crippen LogP contribution is -2.29. The summed E-state index contributed by atoms with van der Waals surface area (Å²) in [7, 11) is -1.20. The Morgan fingerprint density at radius 3 is 2.19 bits per heavy atom. The summed E-state index contributed by atoms with van der Waals surface area (Å²) >= 11 is 0. The predicted molar refractivity (Wildman–Crippen MR) is 67.7 cm³/mol. The molecule has 1 unspecified atom stereocenters. The Morgan fingerprint density at radius 2 is 1.88 bits per heavy atom.